The first-order chi connectivity index (χ1) is 11.7. The van der Waals surface area contributed by atoms with E-state index in [0.717, 1.165) is 42.7 Å². The number of unbranched alkanes of at least 4 members (excludes halogenated alkanes) is 1. The number of hydrogen-bond acceptors (Lipinski definition) is 4. The second kappa shape index (κ2) is 15.6. The Bertz CT molecular complexity index is 515. The topological polar surface area (TPSA) is 62.7 Å². The molecule has 0 bridgehead atoms. The first-order valence-electron chi connectivity index (χ1n) is 8.13. The molecule has 0 atom stereocenters. The summed E-state index contributed by atoms with van der Waals surface area (Å²) in [6, 6.07) is 7.84. The fourth-order valence-corrected chi connectivity index (χ4v) is 2.78. The number of benzene rings is 1. The van der Waals surface area contributed by atoms with Crippen LogP contribution in [0.15, 0.2) is 34.2 Å². The van der Waals surface area contributed by atoms with Crippen LogP contribution in [0.25, 0.3) is 0 Å². The molecule has 25 heavy (non-hydrogen) atoms. The highest BCUT2D eigenvalue weighted by molar-refractivity contribution is 14.0. The number of thioether (sulfide) groups is 1. The molecule has 1 aromatic rings. The molecule has 0 saturated carbocycles. The van der Waals surface area contributed by atoms with E-state index in [9.17, 15) is 4.79 Å². The number of nitrogens with one attached hydrogen (secondary N) is 2. The number of halogens is 2. The highest BCUT2D eigenvalue weighted by atomic mass is 127. The Morgan fingerprint density at radius 2 is 1.96 bits per heavy atom. The van der Waals surface area contributed by atoms with Gasteiger partial charge in [-0.1, -0.05) is 11.6 Å². The second-order valence-electron chi connectivity index (χ2n) is 5.02. The van der Waals surface area contributed by atoms with Gasteiger partial charge >= 0.3 is 5.97 Å². The molecule has 0 aliphatic rings. The van der Waals surface area contributed by atoms with Gasteiger partial charge in [0.15, 0.2) is 5.96 Å². The van der Waals surface area contributed by atoms with Crippen LogP contribution in [0.5, 0.6) is 0 Å². The van der Waals surface area contributed by atoms with Crippen LogP contribution in [-0.4, -0.2) is 44.4 Å². The van der Waals surface area contributed by atoms with Crippen molar-refractivity contribution in [2.75, 3.05) is 32.5 Å². The molecule has 1 rings (SSSR count). The number of carbonyl (C=O) groups excluding carboxylic acids is 1. The molecule has 0 aromatic heterocycles. The molecule has 0 spiro atoms. The van der Waals surface area contributed by atoms with Crippen LogP contribution < -0.4 is 10.6 Å². The van der Waals surface area contributed by atoms with Crippen molar-refractivity contribution in [3.8, 4) is 0 Å². The fourth-order valence-electron chi connectivity index (χ4n) is 1.88. The summed E-state index contributed by atoms with van der Waals surface area (Å²) >= 11 is 7.65. The molecule has 0 aliphatic heterocycles. The zero-order chi connectivity index (χ0) is 17.6. The van der Waals surface area contributed by atoms with Crippen LogP contribution >= 0.6 is 47.3 Å². The molecular formula is C17H27ClIN3O2S. The summed E-state index contributed by atoms with van der Waals surface area (Å²) in [5.41, 5.74) is 0. The Morgan fingerprint density at radius 3 is 2.60 bits per heavy atom. The number of hydrogen-bond donors (Lipinski definition) is 2. The predicted octanol–water partition coefficient (Wildman–Crippen LogP) is 3.95. The number of aliphatic imine (C=N–C) groups is 1. The van der Waals surface area contributed by atoms with Gasteiger partial charge in [0.05, 0.1) is 7.11 Å². The average Bonchev–Trinajstić information content (AvgIpc) is 2.59. The maximum Gasteiger partial charge on any atom is 0.305 e. The van der Waals surface area contributed by atoms with Crippen LogP contribution in [0.1, 0.15) is 26.2 Å². The lowest BCUT2D eigenvalue weighted by Crippen LogP contribution is -2.38. The molecule has 5 nitrogen and oxygen atoms in total. The maximum atomic E-state index is 11.0. The molecular weight excluding hydrogens is 473 g/mol. The maximum absolute atomic E-state index is 11.0. The SMILES string of the molecule is CCNC(=NCCCCC(=O)OC)NCCSc1ccc(Cl)cc1.I. The van der Waals surface area contributed by atoms with Crippen LogP contribution in [0.3, 0.4) is 0 Å². The summed E-state index contributed by atoms with van der Waals surface area (Å²) in [6.07, 6.45) is 2.11. The van der Waals surface area contributed by atoms with Gasteiger partial charge in [-0.25, -0.2) is 0 Å². The highest BCUT2D eigenvalue weighted by Crippen LogP contribution is 2.19. The van der Waals surface area contributed by atoms with E-state index >= 15 is 0 Å². The van der Waals surface area contributed by atoms with Crippen molar-refractivity contribution >= 4 is 59.3 Å². The number of rotatable bonds is 10. The molecule has 8 heteroatoms. The Kier molecular flexibility index (Phi) is 15.2. The first kappa shape index (κ1) is 24.3. The minimum absolute atomic E-state index is 0. The van der Waals surface area contributed by atoms with E-state index in [-0.39, 0.29) is 29.9 Å². The molecule has 0 fully saturated rings. The summed E-state index contributed by atoms with van der Waals surface area (Å²) in [6.45, 7) is 4.37. The molecule has 0 heterocycles. The van der Waals surface area contributed by atoms with Crippen molar-refractivity contribution in [2.45, 2.75) is 31.1 Å². The van der Waals surface area contributed by atoms with Crippen molar-refractivity contribution in [1.82, 2.24) is 10.6 Å². The van der Waals surface area contributed by atoms with Crippen LogP contribution in [-0.2, 0) is 9.53 Å². The van der Waals surface area contributed by atoms with Gasteiger partial charge in [0.25, 0.3) is 0 Å². The minimum Gasteiger partial charge on any atom is -0.469 e. The number of guanidine groups is 1. The molecule has 0 amide bonds. The van der Waals surface area contributed by atoms with Gasteiger partial charge in [-0.05, 0) is 44.0 Å². The summed E-state index contributed by atoms with van der Waals surface area (Å²) < 4.78 is 4.62. The number of methoxy groups -OCH3 is 1. The van der Waals surface area contributed by atoms with E-state index in [0.29, 0.717) is 13.0 Å². The molecule has 142 valence electrons. The molecule has 0 unspecified atom stereocenters. The van der Waals surface area contributed by atoms with E-state index in [1.54, 1.807) is 11.8 Å². The third-order valence-corrected chi connectivity index (χ3v) is 4.37. The third-order valence-electron chi connectivity index (χ3n) is 3.11. The van der Waals surface area contributed by atoms with E-state index < -0.39 is 0 Å². The number of esters is 1. The normalized spacial score (nSPS) is 10.8. The number of ether oxygens (including phenoxy) is 1. The van der Waals surface area contributed by atoms with Gasteiger partial charge in [0.2, 0.25) is 0 Å². The second-order valence-corrected chi connectivity index (χ2v) is 6.63. The lowest BCUT2D eigenvalue weighted by molar-refractivity contribution is -0.140. The van der Waals surface area contributed by atoms with Crippen LogP contribution in [0, 0.1) is 0 Å². The van der Waals surface area contributed by atoms with Crippen LogP contribution in [0.2, 0.25) is 5.02 Å². The molecule has 0 saturated heterocycles. The van der Waals surface area contributed by atoms with Crippen molar-refractivity contribution in [3.05, 3.63) is 29.3 Å². The van der Waals surface area contributed by atoms with Crippen LogP contribution in [0.4, 0.5) is 0 Å². The van der Waals surface area contributed by atoms with Gasteiger partial charge in [-0.15, -0.1) is 35.7 Å². The summed E-state index contributed by atoms with van der Waals surface area (Å²) in [4.78, 5) is 16.7. The zero-order valence-electron chi connectivity index (χ0n) is 14.7. The summed E-state index contributed by atoms with van der Waals surface area (Å²) in [7, 11) is 1.41. The molecule has 2 N–H and O–H groups in total. The van der Waals surface area contributed by atoms with Gasteiger partial charge in [0, 0.05) is 41.7 Å². The minimum atomic E-state index is -0.164. The fraction of sp³-hybridized carbons (Fsp3) is 0.529. The smallest absolute Gasteiger partial charge is 0.305 e. The van der Waals surface area contributed by atoms with E-state index in [1.165, 1.54) is 12.0 Å². The monoisotopic (exact) mass is 499 g/mol. The Labute approximate surface area is 176 Å². The van der Waals surface area contributed by atoms with Gasteiger partial charge < -0.3 is 15.4 Å². The summed E-state index contributed by atoms with van der Waals surface area (Å²) in [5.74, 6) is 1.59. The highest BCUT2D eigenvalue weighted by Gasteiger charge is 2.00. The molecule has 0 aliphatic carbocycles. The van der Waals surface area contributed by atoms with Crippen molar-refractivity contribution in [2.24, 2.45) is 4.99 Å². The lowest BCUT2D eigenvalue weighted by Gasteiger charge is -2.11. The van der Waals surface area contributed by atoms with E-state index in [1.807, 2.05) is 31.2 Å². The van der Waals surface area contributed by atoms with Gasteiger partial charge in [0.1, 0.15) is 0 Å². The average molecular weight is 500 g/mol. The van der Waals surface area contributed by atoms with Crippen molar-refractivity contribution in [1.29, 1.82) is 0 Å². The first-order valence-corrected chi connectivity index (χ1v) is 9.49. The van der Waals surface area contributed by atoms with Gasteiger partial charge in [-0.3, -0.25) is 9.79 Å². The predicted molar refractivity (Wildman–Crippen MR) is 117 cm³/mol. The third kappa shape index (κ3) is 12.3. The van der Waals surface area contributed by atoms with Crippen molar-refractivity contribution in [3.63, 3.8) is 0 Å². The van der Waals surface area contributed by atoms with Gasteiger partial charge in [-0.2, -0.15) is 0 Å². The largest absolute Gasteiger partial charge is 0.469 e. The van der Waals surface area contributed by atoms with Crippen molar-refractivity contribution < 1.29 is 9.53 Å². The summed E-state index contributed by atoms with van der Waals surface area (Å²) in [5, 5.41) is 7.29. The molecule has 1 aromatic carbocycles. The van der Waals surface area contributed by atoms with E-state index in [4.69, 9.17) is 11.6 Å². The van der Waals surface area contributed by atoms with E-state index in [2.05, 4.69) is 20.4 Å². The Hall–Kier alpha value is -0.670. The lowest BCUT2D eigenvalue weighted by atomic mass is 10.2. The standard InChI is InChI=1S/C17H26ClN3O2S.HI/c1-3-19-17(20-11-5-4-6-16(22)23-2)21-12-13-24-15-9-7-14(18)8-10-15;/h7-10H,3-6,11-13H2,1-2H3,(H2,19,20,21);1H. The number of nitrogens with zero attached hydrogens (tertiary/aromatic N) is 1. The zero-order valence-corrected chi connectivity index (χ0v) is 18.6. The number of carbonyl (C=O) groups is 1. The Balaban J connectivity index is 0.00000576. The quantitative estimate of drug-likeness (QED) is 0.127. The molecule has 0 radical (unpaired) electrons. The Morgan fingerprint density at radius 1 is 1.24 bits per heavy atom.